The molecule has 0 bridgehead atoms. The van der Waals surface area contributed by atoms with Gasteiger partial charge in [-0.05, 0) is 6.07 Å². The first kappa shape index (κ1) is 19.2. The maximum atomic E-state index is 10.8. The smallest absolute Gasteiger partial charge is 0.744 e. The molecule has 0 aliphatic heterocycles. The summed E-state index contributed by atoms with van der Waals surface area (Å²) in [4.78, 5) is 9.03. The number of nitro groups is 1. The largest absolute Gasteiger partial charge is 1.00 e. The van der Waals surface area contributed by atoms with Crippen molar-refractivity contribution < 1.29 is 74.4 Å². The number of rotatable bonds is 5. The van der Waals surface area contributed by atoms with Gasteiger partial charge in [0, 0.05) is 12.6 Å². The zero-order valence-electron chi connectivity index (χ0n) is 9.79. The van der Waals surface area contributed by atoms with E-state index in [-0.39, 0.29) is 70.2 Å². The van der Waals surface area contributed by atoms with Gasteiger partial charge >= 0.3 is 51.4 Å². The Morgan fingerprint density at radius 3 is 2.42 bits per heavy atom. The van der Waals surface area contributed by atoms with Gasteiger partial charge in [-0.15, -0.1) is 0 Å². The van der Waals surface area contributed by atoms with Crippen molar-refractivity contribution in [3.05, 3.63) is 27.3 Å². The Morgan fingerprint density at radius 2 is 2.00 bits per heavy atom. The summed E-state index contributed by atoms with van der Waals surface area (Å²) in [6.45, 7) is -0.267. The minimum absolute atomic E-state index is 0. The van der Waals surface area contributed by atoms with Crippen molar-refractivity contribution >= 4 is 33.1 Å². The Labute approximate surface area is 156 Å². The topological polar surface area (TPSA) is 133 Å². The van der Waals surface area contributed by atoms with Crippen molar-refractivity contribution in [3.63, 3.8) is 0 Å². The molecule has 19 heavy (non-hydrogen) atoms. The van der Waals surface area contributed by atoms with E-state index < -0.39 is 30.6 Å². The first-order valence-electron chi connectivity index (χ1n) is 4.56. The summed E-state index contributed by atoms with van der Waals surface area (Å²) in [6.07, 6.45) is 0. The molecule has 1 rings (SSSR count). The molecule has 0 unspecified atom stereocenters. The van der Waals surface area contributed by atoms with Gasteiger partial charge in [0.1, 0.15) is 15.8 Å². The molecule has 0 aliphatic carbocycles. The molecular formula is C8H8ClKN2O6S. The van der Waals surface area contributed by atoms with Gasteiger partial charge in [0.15, 0.2) is 0 Å². The molecule has 0 amide bonds. The van der Waals surface area contributed by atoms with E-state index in [0.717, 1.165) is 6.07 Å². The molecule has 8 nitrogen and oxygen atoms in total. The molecule has 1 aromatic carbocycles. The molecule has 0 atom stereocenters. The predicted octanol–water partition coefficient (Wildman–Crippen LogP) is -2.44. The second-order valence-electron chi connectivity index (χ2n) is 3.16. The van der Waals surface area contributed by atoms with Crippen LogP contribution in [0.4, 0.5) is 11.4 Å². The van der Waals surface area contributed by atoms with E-state index in [1.807, 2.05) is 0 Å². The third kappa shape index (κ3) is 5.25. The van der Waals surface area contributed by atoms with Gasteiger partial charge in [-0.25, -0.2) is 8.42 Å². The van der Waals surface area contributed by atoms with Crippen LogP contribution in [0.5, 0.6) is 0 Å². The number of anilines is 1. The third-order valence-electron chi connectivity index (χ3n) is 1.94. The second kappa shape index (κ2) is 7.86. The van der Waals surface area contributed by atoms with Crippen LogP contribution < -0.4 is 56.7 Å². The van der Waals surface area contributed by atoms with Crippen LogP contribution in [-0.2, 0) is 10.1 Å². The van der Waals surface area contributed by atoms with E-state index in [1.165, 1.54) is 0 Å². The van der Waals surface area contributed by atoms with Crippen LogP contribution in [0.2, 0.25) is 5.02 Å². The minimum Gasteiger partial charge on any atom is -0.744 e. The van der Waals surface area contributed by atoms with Crippen LogP contribution in [0.3, 0.4) is 0 Å². The molecular weight excluding hydrogens is 327 g/mol. The van der Waals surface area contributed by atoms with Crippen LogP contribution in [0.15, 0.2) is 17.0 Å². The average Bonchev–Trinajstić information content (AvgIpc) is 2.23. The molecule has 0 saturated carbocycles. The molecule has 0 aliphatic rings. The fourth-order valence-electron chi connectivity index (χ4n) is 1.22. The number of nitrogens with zero attached hydrogens (tertiary/aromatic N) is 1. The predicted molar refractivity (Wildman–Crippen MR) is 61.6 cm³/mol. The number of hydrogen-bond donors (Lipinski definition) is 2. The maximum absolute atomic E-state index is 10.8. The summed E-state index contributed by atoms with van der Waals surface area (Å²) in [5.74, 6) is 0. The van der Waals surface area contributed by atoms with Gasteiger partial charge in [-0.3, -0.25) is 10.1 Å². The number of halogens is 1. The Bertz CT molecular complexity index is 579. The number of hydrogen-bond acceptors (Lipinski definition) is 7. The Hall–Kier alpha value is 0.216. The van der Waals surface area contributed by atoms with Gasteiger partial charge in [-0.1, -0.05) is 11.6 Å². The molecule has 0 saturated heterocycles. The number of nitrogens with one attached hydrogen (secondary N) is 1. The summed E-state index contributed by atoms with van der Waals surface area (Å²) >= 11 is 5.57. The molecule has 1 aromatic rings. The monoisotopic (exact) mass is 334 g/mol. The Morgan fingerprint density at radius 1 is 1.42 bits per heavy atom. The van der Waals surface area contributed by atoms with Crippen LogP contribution in [0.25, 0.3) is 0 Å². The van der Waals surface area contributed by atoms with Crippen molar-refractivity contribution in [2.24, 2.45) is 0 Å². The minimum atomic E-state index is -4.89. The van der Waals surface area contributed by atoms with Gasteiger partial charge in [0.25, 0.3) is 5.69 Å². The van der Waals surface area contributed by atoms with Gasteiger partial charge in [0.2, 0.25) is 0 Å². The summed E-state index contributed by atoms with van der Waals surface area (Å²) in [5, 5.41) is 21.4. The molecule has 11 heteroatoms. The number of benzene rings is 1. The molecule has 0 fully saturated rings. The zero-order valence-corrected chi connectivity index (χ0v) is 14.5. The maximum Gasteiger partial charge on any atom is 1.00 e. The van der Waals surface area contributed by atoms with E-state index in [9.17, 15) is 23.1 Å². The van der Waals surface area contributed by atoms with E-state index in [1.54, 1.807) is 0 Å². The van der Waals surface area contributed by atoms with Crippen LogP contribution in [0, 0.1) is 10.1 Å². The van der Waals surface area contributed by atoms with E-state index in [4.69, 9.17) is 16.7 Å². The number of nitro benzene ring substituents is 1. The second-order valence-corrected chi connectivity index (χ2v) is 4.92. The fourth-order valence-corrected chi connectivity index (χ4v) is 2.22. The van der Waals surface area contributed by atoms with Crippen molar-refractivity contribution in [1.29, 1.82) is 0 Å². The first-order chi connectivity index (χ1) is 8.27. The SMILES string of the molecule is O=[N+]([O-])c1cc(S(=O)(=O)[O-])c(Cl)cc1NCCO.[K+]. The zero-order chi connectivity index (χ0) is 13.9. The van der Waals surface area contributed by atoms with Gasteiger partial charge in [0.05, 0.1) is 21.4 Å². The van der Waals surface area contributed by atoms with Crippen LogP contribution >= 0.6 is 11.6 Å². The van der Waals surface area contributed by atoms with Crippen molar-refractivity contribution in [2.45, 2.75) is 4.90 Å². The van der Waals surface area contributed by atoms with Crippen LogP contribution in [-0.4, -0.2) is 36.2 Å². The fraction of sp³-hybridized carbons (Fsp3) is 0.250. The molecule has 2 N–H and O–H groups in total. The first-order valence-corrected chi connectivity index (χ1v) is 6.34. The third-order valence-corrected chi connectivity index (χ3v) is 3.24. The summed E-state index contributed by atoms with van der Waals surface area (Å²) in [5.41, 5.74) is -0.686. The summed E-state index contributed by atoms with van der Waals surface area (Å²) in [6, 6.07) is 1.55. The Balaban J connectivity index is 0.00000324. The van der Waals surface area contributed by atoms with Crippen molar-refractivity contribution in [3.8, 4) is 0 Å². The molecule has 0 spiro atoms. The molecule has 0 aromatic heterocycles. The van der Waals surface area contributed by atoms with E-state index in [2.05, 4.69) is 5.32 Å². The number of aliphatic hydroxyl groups excluding tert-OH is 1. The standard InChI is InChI=1S/C8H9ClN2O6S.K/c9-5-3-6(10-1-2-12)7(11(13)14)4-8(5)18(15,16)17;/h3-4,10,12H,1-2H2,(H,15,16,17);/q;+1/p-1. The van der Waals surface area contributed by atoms with Crippen LogP contribution in [0.1, 0.15) is 0 Å². The van der Waals surface area contributed by atoms with E-state index in [0.29, 0.717) is 6.07 Å². The van der Waals surface area contributed by atoms with Gasteiger partial charge in [-0.2, -0.15) is 0 Å². The van der Waals surface area contributed by atoms with Gasteiger partial charge < -0.3 is 15.0 Å². The average molecular weight is 335 g/mol. The van der Waals surface area contributed by atoms with Crippen molar-refractivity contribution in [1.82, 2.24) is 0 Å². The molecule has 0 heterocycles. The molecule has 100 valence electrons. The summed E-state index contributed by atoms with van der Waals surface area (Å²) < 4.78 is 32.5. The number of aliphatic hydroxyl groups is 1. The normalized spacial score (nSPS) is 10.7. The summed E-state index contributed by atoms with van der Waals surface area (Å²) in [7, 11) is -4.89. The molecule has 0 radical (unpaired) electrons. The van der Waals surface area contributed by atoms with Crippen molar-refractivity contribution in [2.75, 3.05) is 18.5 Å². The Kier molecular flexibility index (Phi) is 7.95. The van der Waals surface area contributed by atoms with E-state index >= 15 is 0 Å². The quantitative estimate of drug-likeness (QED) is 0.264.